The average molecular weight is 312 g/mol. The number of anilines is 1. The SMILES string of the molecule is NCc1ccccc1CS(=O)(=O)Nc1ccc(F)c(F)c1. The monoisotopic (exact) mass is 312 g/mol. The molecule has 2 rings (SSSR count). The number of hydrogen-bond acceptors (Lipinski definition) is 3. The quantitative estimate of drug-likeness (QED) is 0.890. The van der Waals surface area contributed by atoms with E-state index in [1.807, 2.05) is 0 Å². The minimum atomic E-state index is -3.74. The van der Waals surface area contributed by atoms with Gasteiger partial charge in [0.1, 0.15) is 0 Å². The fourth-order valence-electron chi connectivity index (χ4n) is 1.88. The summed E-state index contributed by atoms with van der Waals surface area (Å²) in [4.78, 5) is 0. The minimum Gasteiger partial charge on any atom is -0.326 e. The molecule has 0 atom stereocenters. The van der Waals surface area contributed by atoms with E-state index >= 15 is 0 Å². The molecule has 0 amide bonds. The molecule has 21 heavy (non-hydrogen) atoms. The topological polar surface area (TPSA) is 72.2 Å². The van der Waals surface area contributed by atoms with Crippen molar-refractivity contribution < 1.29 is 17.2 Å². The summed E-state index contributed by atoms with van der Waals surface area (Å²) in [5.41, 5.74) is 6.80. The Morgan fingerprint density at radius 3 is 2.29 bits per heavy atom. The lowest BCUT2D eigenvalue weighted by Crippen LogP contribution is -2.16. The molecule has 2 aromatic carbocycles. The largest absolute Gasteiger partial charge is 0.326 e. The van der Waals surface area contributed by atoms with Crippen LogP contribution in [0.2, 0.25) is 0 Å². The number of hydrogen-bond donors (Lipinski definition) is 2. The predicted octanol–water partition coefficient (Wildman–Crippen LogP) is 2.37. The molecule has 7 heteroatoms. The van der Waals surface area contributed by atoms with Gasteiger partial charge in [-0.05, 0) is 23.3 Å². The van der Waals surface area contributed by atoms with Gasteiger partial charge in [-0.25, -0.2) is 17.2 Å². The number of rotatable bonds is 5. The fraction of sp³-hybridized carbons (Fsp3) is 0.143. The third kappa shape index (κ3) is 3.99. The van der Waals surface area contributed by atoms with Crippen LogP contribution in [-0.2, 0) is 22.3 Å². The highest BCUT2D eigenvalue weighted by Gasteiger charge is 2.15. The summed E-state index contributed by atoms with van der Waals surface area (Å²) in [5.74, 6) is -2.44. The number of nitrogens with two attached hydrogens (primary N) is 1. The van der Waals surface area contributed by atoms with E-state index in [9.17, 15) is 17.2 Å². The lowest BCUT2D eigenvalue weighted by molar-refractivity contribution is 0.509. The van der Waals surface area contributed by atoms with Gasteiger partial charge >= 0.3 is 0 Å². The molecule has 0 aliphatic heterocycles. The third-order valence-electron chi connectivity index (χ3n) is 2.88. The molecule has 0 aliphatic rings. The van der Waals surface area contributed by atoms with Crippen molar-refractivity contribution in [2.45, 2.75) is 12.3 Å². The summed E-state index contributed by atoms with van der Waals surface area (Å²) in [5, 5.41) is 0. The first-order chi connectivity index (χ1) is 9.91. The Bertz CT molecular complexity index is 748. The molecule has 0 spiro atoms. The molecule has 0 radical (unpaired) electrons. The van der Waals surface area contributed by atoms with Crippen LogP contribution in [0, 0.1) is 11.6 Å². The molecule has 0 aliphatic carbocycles. The van der Waals surface area contributed by atoms with Gasteiger partial charge in [-0.1, -0.05) is 24.3 Å². The van der Waals surface area contributed by atoms with Gasteiger partial charge in [-0.15, -0.1) is 0 Å². The first-order valence-corrected chi connectivity index (χ1v) is 7.79. The van der Waals surface area contributed by atoms with Crippen LogP contribution in [0.5, 0.6) is 0 Å². The van der Waals surface area contributed by atoms with Gasteiger partial charge in [0.15, 0.2) is 11.6 Å². The normalized spacial score (nSPS) is 11.4. The predicted molar refractivity (Wildman–Crippen MR) is 76.9 cm³/mol. The molecule has 0 aromatic heterocycles. The first kappa shape index (κ1) is 15.4. The van der Waals surface area contributed by atoms with Gasteiger partial charge in [0.2, 0.25) is 10.0 Å². The maximum absolute atomic E-state index is 13.1. The third-order valence-corrected chi connectivity index (χ3v) is 4.11. The van der Waals surface area contributed by atoms with Gasteiger partial charge in [-0.3, -0.25) is 4.72 Å². The molecule has 0 saturated heterocycles. The van der Waals surface area contributed by atoms with Crippen LogP contribution in [0.15, 0.2) is 42.5 Å². The standard InChI is InChI=1S/C14H14F2N2O2S/c15-13-6-5-12(7-14(13)16)18-21(19,20)9-11-4-2-1-3-10(11)8-17/h1-7,18H,8-9,17H2. The summed E-state index contributed by atoms with van der Waals surface area (Å²) in [6, 6.07) is 9.69. The lowest BCUT2D eigenvalue weighted by atomic mass is 10.1. The van der Waals surface area contributed by atoms with E-state index in [1.165, 1.54) is 0 Å². The van der Waals surface area contributed by atoms with Gasteiger partial charge in [0.05, 0.1) is 11.4 Å². The van der Waals surface area contributed by atoms with Gasteiger partial charge < -0.3 is 5.73 Å². The van der Waals surface area contributed by atoms with Crippen molar-refractivity contribution in [3.63, 3.8) is 0 Å². The second kappa shape index (κ2) is 6.19. The molecule has 3 N–H and O–H groups in total. The molecular weight excluding hydrogens is 298 g/mol. The van der Waals surface area contributed by atoms with Crippen molar-refractivity contribution in [2.75, 3.05) is 4.72 Å². The number of nitrogens with one attached hydrogen (secondary N) is 1. The summed E-state index contributed by atoms with van der Waals surface area (Å²) in [6.07, 6.45) is 0. The average Bonchev–Trinajstić information content (AvgIpc) is 2.43. The van der Waals surface area contributed by atoms with Crippen LogP contribution in [0.25, 0.3) is 0 Å². The number of benzene rings is 2. The first-order valence-electron chi connectivity index (χ1n) is 6.13. The number of halogens is 2. The van der Waals surface area contributed by atoms with Crippen LogP contribution in [0.4, 0.5) is 14.5 Å². The van der Waals surface area contributed by atoms with Gasteiger partial charge in [0, 0.05) is 12.6 Å². The highest BCUT2D eigenvalue weighted by Crippen LogP contribution is 2.17. The van der Waals surface area contributed by atoms with Gasteiger partial charge in [-0.2, -0.15) is 0 Å². The fourth-order valence-corrected chi connectivity index (χ4v) is 3.13. The van der Waals surface area contributed by atoms with Crippen LogP contribution < -0.4 is 10.5 Å². The number of sulfonamides is 1. The zero-order valence-electron chi connectivity index (χ0n) is 11.0. The molecule has 0 bridgehead atoms. The molecule has 2 aromatic rings. The Hall–Kier alpha value is -1.99. The van der Waals surface area contributed by atoms with Crippen molar-refractivity contribution in [2.24, 2.45) is 5.73 Å². The Morgan fingerprint density at radius 1 is 1.00 bits per heavy atom. The van der Waals surface area contributed by atoms with Crippen molar-refractivity contribution >= 4 is 15.7 Å². The maximum atomic E-state index is 13.1. The second-order valence-electron chi connectivity index (χ2n) is 4.46. The van der Waals surface area contributed by atoms with E-state index in [0.717, 1.165) is 18.2 Å². The summed E-state index contributed by atoms with van der Waals surface area (Å²) >= 11 is 0. The minimum absolute atomic E-state index is 0.0286. The van der Waals surface area contributed by atoms with Crippen molar-refractivity contribution in [3.8, 4) is 0 Å². The molecular formula is C14H14F2N2O2S. The molecule has 0 fully saturated rings. The smallest absolute Gasteiger partial charge is 0.236 e. The molecule has 112 valence electrons. The molecule has 0 unspecified atom stereocenters. The van der Waals surface area contributed by atoms with E-state index in [0.29, 0.717) is 11.1 Å². The van der Waals surface area contributed by atoms with Gasteiger partial charge in [0.25, 0.3) is 0 Å². The van der Waals surface area contributed by atoms with Crippen LogP contribution in [-0.4, -0.2) is 8.42 Å². The van der Waals surface area contributed by atoms with E-state index in [4.69, 9.17) is 5.73 Å². The zero-order valence-corrected chi connectivity index (χ0v) is 11.8. The Balaban J connectivity index is 2.20. The zero-order chi connectivity index (χ0) is 15.5. The Labute approximate surface area is 121 Å². The van der Waals surface area contributed by atoms with Crippen molar-refractivity contribution in [3.05, 3.63) is 65.2 Å². The van der Waals surface area contributed by atoms with Crippen molar-refractivity contribution in [1.82, 2.24) is 0 Å². The van der Waals surface area contributed by atoms with E-state index in [2.05, 4.69) is 4.72 Å². The Morgan fingerprint density at radius 2 is 1.67 bits per heavy atom. The Kier molecular flexibility index (Phi) is 4.54. The molecule has 4 nitrogen and oxygen atoms in total. The highest BCUT2D eigenvalue weighted by atomic mass is 32.2. The van der Waals surface area contributed by atoms with Crippen molar-refractivity contribution in [1.29, 1.82) is 0 Å². The summed E-state index contributed by atoms with van der Waals surface area (Å²) in [7, 11) is -3.74. The molecule has 0 saturated carbocycles. The van der Waals surface area contributed by atoms with Crippen LogP contribution in [0.1, 0.15) is 11.1 Å². The van der Waals surface area contributed by atoms with E-state index in [1.54, 1.807) is 24.3 Å². The van der Waals surface area contributed by atoms with E-state index < -0.39 is 21.7 Å². The lowest BCUT2D eigenvalue weighted by Gasteiger charge is -2.11. The second-order valence-corrected chi connectivity index (χ2v) is 6.19. The summed E-state index contributed by atoms with van der Waals surface area (Å²) < 4.78 is 52.2. The highest BCUT2D eigenvalue weighted by molar-refractivity contribution is 7.91. The van der Waals surface area contributed by atoms with Crippen LogP contribution >= 0.6 is 0 Å². The molecule has 0 heterocycles. The summed E-state index contributed by atoms with van der Waals surface area (Å²) in [6.45, 7) is 0.219. The van der Waals surface area contributed by atoms with E-state index in [-0.39, 0.29) is 18.0 Å². The van der Waals surface area contributed by atoms with Crippen LogP contribution in [0.3, 0.4) is 0 Å². The maximum Gasteiger partial charge on any atom is 0.236 e.